The van der Waals surface area contributed by atoms with Crippen molar-refractivity contribution in [3.8, 4) is 0 Å². The molecule has 1 aromatic rings. The highest BCUT2D eigenvalue weighted by Crippen LogP contribution is 2.60. The number of nitrogens with zero attached hydrogens (tertiary/aromatic N) is 2. The zero-order chi connectivity index (χ0) is 12.2. The Bertz CT molecular complexity index is 416. The molecule has 4 aliphatic carbocycles. The van der Waals surface area contributed by atoms with Crippen LogP contribution in [-0.2, 0) is 11.8 Å². The maximum atomic E-state index is 5.99. The first-order chi connectivity index (χ1) is 8.77. The topological polar surface area (TPSA) is 38.9 Å². The van der Waals surface area contributed by atoms with Gasteiger partial charge in [0.25, 0.3) is 0 Å². The Morgan fingerprint density at radius 2 is 1.67 bits per heavy atom. The van der Waals surface area contributed by atoms with Gasteiger partial charge in [0.05, 0.1) is 0 Å². The fourth-order valence-electron chi connectivity index (χ4n) is 5.16. The average Bonchev–Trinajstić information content (AvgIpc) is 2.77. The number of rotatable bonds is 3. The summed E-state index contributed by atoms with van der Waals surface area (Å²) in [6.45, 7) is 2.16. The molecule has 4 bridgehead atoms. The highest BCUT2D eigenvalue weighted by molar-refractivity contribution is 5.14. The highest BCUT2D eigenvalue weighted by atomic mass is 16.4. The quantitative estimate of drug-likeness (QED) is 0.819. The molecule has 0 aromatic carbocycles. The van der Waals surface area contributed by atoms with Crippen molar-refractivity contribution >= 4 is 0 Å². The number of aromatic nitrogens is 2. The monoisotopic (exact) mass is 246 g/mol. The predicted molar refractivity (Wildman–Crippen MR) is 68.1 cm³/mol. The minimum absolute atomic E-state index is 0.272. The fourth-order valence-corrected chi connectivity index (χ4v) is 5.16. The van der Waals surface area contributed by atoms with E-state index in [1.54, 1.807) is 0 Å². The van der Waals surface area contributed by atoms with Crippen molar-refractivity contribution in [3.63, 3.8) is 0 Å². The lowest BCUT2D eigenvalue weighted by Crippen LogP contribution is -2.48. The highest BCUT2D eigenvalue weighted by Gasteiger charge is 2.54. The molecule has 3 nitrogen and oxygen atoms in total. The lowest BCUT2D eigenvalue weighted by Gasteiger charge is -2.55. The molecule has 0 amide bonds. The molecule has 0 N–H and O–H groups in total. The van der Waals surface area contributed by atoms with Gasteiger partial charge in [0.15, 0.2) is 0 Å². The van der Waals surface area contributed by atoms with Gasteiger partial charge in [-0.15, -0.1) is 10.2 Å². The summed E-state index contributed by atoms with van der Waals surface area (Å²) in [5, 5.41) is 8.65. The van der Waals surface area contributed by atoms with Gasteiger partial charge in [0, 0.05) is 11.8 Å². The van der Waals surface area contributed by atoms with E-state index in [2.05, 4.69) is 17.1 Å². The molecule has 1 aromatic heterocycles. The minimum Gasteiger partial charge on any atom is -0.425 e. The molecule has 0 aliphatic heterocycles. The first kappa shape index (κ1) is 11.0. The van der Waals surface area contributed by atoms with Crippen LogP contribution in [0, 0.1) is 17.8 Å². The van der Waals surface area contributed by atoms with E-state index in [0.717, 1.165) is 42.4 Å². The molecule has 4 aliphatic rings. The van der Waals surface area contributed by atoms with E-state index in [1.807, 2.05) is 0 Å². The Morgan fingerprint density at radius 3 is 2.22 bits per heavy atom. The van der Waals surface area contributed by atoms with Gasteiger partial charge in [-0.3, -0.25) is 0 Å². The van der Waals surface area contributed by atoms with Crippen molar-refractivity contribution < 1.29 is 4.42 Å². The Hall–Kier alpha value is -0.860. The molecule has 98 valence electrons. The van der Waals surface area contributed by atoms with E-state index in [0.29, 0.717) is 0 Å². The van der Waals surface area contributed by atoms with Gasteiger partial charge in [0.1, 0.15) is 0 Å². The summed E-state index contributed by atoms with van der Waals surface area (Å²) in [6, 6.07) is 0. The zero-order valence-electron chi connectivity index (χ0n) is 11.2. The van der Waals surface area contributed by atoms with E-state index in [4.69, 9.17) is 4.42 Å². The molecule has 0 radical (unpaired) electrons. The maximum Gasteiger partial charge on any atom is 0.222 e. The van der Waals surface area contributed by atoms with Gasteiger partial charge in [-0.05, 0) is 62.7 Å². The molecule has 18 heavy (non-hydrogen) atoms. The van der Waals surface area contributed by atoms with Crippen molar-refractivity contribution in [2.45, 2.75) is 63.7 Å². The summed E-state index contributed by atoms with van der Waals surface area (Å²) in [5.74, 6) is 4.65. The standard InChI is InChI=1S/C15H22N2O/c1-2-3-13-16-17-14(18-13)15-7-10-4-11(8-15)6-12(5-10)9-15/h10-12H,2-9H2,1H3. The van der Waals surface area contributed by atoms with Crippen LogP contribution in [0.5, 0.6) is 0 Å². The van der Waals surface area contributed by atoms with Gasteiger partial charge < -0.3 is 4.42 Å². The van der Waals surface area contributed by atoms with Crippen molar-refractivity contribution in [1.29, 1.82) is 0 Å². The number of hydrogen-bond acceptors (Lipinski definition) is 3. The first-order valence-corrected chi connectivity index (χ1v) is 7.60. The summed E-state index contributed by atoms with van der Waals surface area (Å²) in [5.41, 5.74) is 0.272. The van der Waals surface area contributed by atoms with E-state index >= 15 is 0 Å². The molecule has 4 saturated carbocycles. The molecule has 0 unspecified atom stereocenters. The van der Waals surface area contributed by atoms with Crippen molar-refractivity contribution in [2.24, 2.45) is 17.8 Å². The van der Waals surface area contributed by atoms with Gasteiger partial charge in [-0.25, -0.2) is 0 Å². The number of aryl methyl sites for hydroxylation is 1. The minimum atomic E-state index is 0.272. The predicted octanol–water partition coefficient (Wildman–Crippen LogP) is 3.49. The normalized spacial score (nSPS) is 41.5. The van der Waals surface area contributed by atoms with Gasteiger partial charge in [-0.2, -0.15) is 0 Å². The van der Waals surface area contributed by atoms with E-state index in [-0.39, 0.29) is 5.41 Å². The Labute approximate surface area is 108 Å². The first-order valence-electron chi connectivity index (χ1n) is 7.60. The number of hydrogen-bond donors (Lipinski definition) is 0. The molecule has 3 heteroatoms. The van der Waals surface area contributed by atoms with E-state index in [9.17, 15) is 0 Å². The lowest BCUT2D eigenvalue weighted by atomic mass is 9.49. The average molecular weight is 246 g/mol. The van der Waals surface area contributed by atoms with Crippen molar-refractivity contribution in [1.82, 2.24) is 10.2 Å². The van der Waals surface area contributed by atoms with Crippen LogP contribution < -0.4 is 0 Å². The second kappa shape index (κ2) is 3.82. The Kier molecular flexibility index (Phi) is 2.33. The molecule has 1 heterocycles. The zero-order valence-corrected chi connectivity index (χ0v) is 11.2. The van der Waals surface area contributed by atoms with Crippen LogP contribution in [0.1, 0.15) is 63.7 Å². The van der Waals surface area contributed by atoms with Gasteiger partial charge >= 0.3 is 0 Å². The third-order valence-corrected chi connectivity index (χ3v) is 5.42. The lowest BCUT2D eigenvalue weighted by molar-refractivity contribution is -0.0182. The van der Waals surface area contributed by atoms with E-state index < -0.39 is 0 Å². The summed E-state index contributed by atoms with van der Waals surface area (Å²) in [4.78, 5) is 0. The smallest absolute Gasteiger partial charge is 0.222 e. The van der Waals surface area contributed by atoms with Crippen molar-refractivity contribution in [3.05, 3.63) is 11.8 Å². The molecule has 0 atom stereocenters. The van der Waals surface area contributed by atoms with Crippen LogP contribution in [0.25, 0.3) is 0 Å². The van der Waals surface area contributed by atoms with Crippen LogP contribution in [0.15, 0.2) is 4.42 Å². The third-order valence-electron chi connectivity index (χ3n) is 5.42. The van der Waals surface area contributed by atoms with Crippen LogP contribution >= 0.6 is 0 Å². The van der Waals surface area contributed by atoms with Crippen LogP contribution in [-0.4, -0.2) is 10.2 Å². The molecule has 0 spiro atoms. The van der Waals surface area contributed by atoms with Gasteiger partial charge in [0.2, 0.25) is 11.8 Å². The van der Waals surface area contributed by atoms with E-state index in [1.165, 1.54) is 38.5 Å². The summed E-state index contributed by atoms with van der Waals surface area (Å²) < 4.78 is 5.99. The molecule has 0 saturated heterocycles. The summed E-state index contributed by atoms with van der Waals surface area (Å²) in [6.07, 6.45) is 10.4. The molecular formula is C15H22N2O. The SMILES string of the molecule is CCCc1nnc(C23CC4CC(CC(C4)C2)C3)o1. The summed E-state index contributed by atoms with van der Waals surface area (Å²) in [7, 11) is 0. The summed E-state index contributed by atoms with van der Waals surface area (Å²) >= 11 is 0. The third kappa shape index (κ3) is 1.55. The molecular weight excluding hydrogens is 224 g/mol. The second-order valence-electron chi connectivity index (χ2n) is 6.95. The largest absolute Gasteiger partial charge is 0.425 e. The second-order valence-corrected chi connectivity index (χ2v) is 6.95. The molecule has 4 fully saturated rings. The van der Waals surface area contributed by atoms with Crippen molar-refractivity contribution in [2.75, 3.05) is 0 Å². The van der Waals surface area contributed by atoms with Gasteiger partial charge in [-0.1, -0.05) is 6.92 Å². The van der Waals surface area contributed by atoms with Crippen LogP contribution in [0.2, 0.25) is 0 Å². The molecule has 5 rings (SSSR count). The van der Waals surface area contributed by atoms with Crippen LogP contribution in [0.4, 0.5) is 0 Å². The Morgan fingerprint density at radius 1 is 1.06 bits per heavy atom. The Balaban J connectivity index is 1.66. The van der Waals surface area contributed by atoms with Crippen LogP contribution in [0.3, 0.4) is 0 Å². The maximum absolute atomic E-state index is 5.99. The fraction of sp³-hybridized carbons (Fsp3) is 0.867.